The van der Waals surface area contributed by atoms with E-state index in [-0.39, 0.29) is 0 Å². The van der Waals surface area contributed by atoms with E-state index < -0.39 is 0 Å². The van der Waals surface area contributed by atoms with E-state index in [4.69, 9.17) is 4.74 Å². The van der Waals surface area contributed by atoms with Gasteiger partial charge in [0.25, 0.3) is 0 Å². The fourth-order valence-electron chi connectivity index (χ4n) is 3.29. The highest BCUT2D eigenvalue weighted by Gasteiger charge is 2.06. The Morgan fingerprint density at radius 1 is 0.897 bits per heavy atom. The highest BCUT2D eigenvalue weighted by molar-refractivity contribution is 5.86. The van der Waals surface area contributed by atoms with Crippen LogP contribution >= 0.6 is 0 Å². The van der Waals surface area contributed by atoms with E-state index in [1.165, 1.54) is 5.56 Å². The van der Waals surface area contributed by atoms with Crippen molar-refractivity contribution in [2.75, 3.05) is 7.11 Å². The topological polar surface area (TPSA) is 42.4 Å². The van der Waals surface area contributed by atoms with Gasteiger partial charge in [-0.05, 0) is 57.8 Å². The van der Waals surface area contributed by atoms with E-state index in [1.807, 2.05) is 48.5 Å². The van der Waals surface area contributed by atoms with E-state index in [0.29, 0.717) is 24.5 Å². The van der Waals surface area contributed by atoms with Gasteiger partial charge in [0.1, 0.15) is 5.75 Å². The number of benzene rings is 3. The van der Waals surface area contributed by atoms with Gasteiger partial charge in [-0.3, -0.25) is 0 Å². The number of aromatic hydroxyl groups is 1. The van der Waals surface area contributed by atoms with E-state index in [9.17, 15) is 5.11 Å². The molecule has 0 saturated heterocycles. The lowest BCUT2D eigenvalue weighted by atomic mass is 9.99. The summed E-state index contributed by atoms with van der Waals surface area (Å²) < 4.78 is 5.15. The molecule has 0 radical (unpaired) electrons. The Balaban J connectivity index is 1.57. The number of pyridine rings is 1. The van der Waals surface area contributed by atoms with Gasteiger partial charge in [-0.25, -0.2) is 4.98 Å². The fraction of sp³-hybridized carbons (Fsp3) is 0.115. The molecular weight excluding hydrogens is 358 g/mol. The van der Waals surface area contributed by atoms with E-state index in [2.05, 4.69) is 41.1 Å². The highest BCUT2D eigenvalue weighted by Crippen LogP contribution is 2.27. The van der Waals surface area contributed by atoms with Crippen LogP contribution in [0.15, 0.2) is 79.0 Å². The van der Waals surface area contributed by atoms with Gasteiger partial charge < -0.3 is 9.84 Å². The Hall–Kier alpha value is -3.77. The Kier molecular flexibility index (Phi) is 5.45. The van der Waals surface area contributed by atoms with Crippen LogP contribution in [0.1, 0.15) is 22.3 Å². The monoisotopic (exact) mass is 379 g/mol. The number of aromatic nitrogens is 1. The third kappa shape index (κ3) is 4.56. The van der Waals surface area contributed by atoms with Crippen molar-refractivity contribution in [3.8, 4) is 23.5 Å². The second kappa shape index (κ2) is 8.50. The first-order valence-corrected chi connectivity index (χ1v) is 9.48. The third-order valence-corrected chi connectivity index (χ3v) is 4.81. The number of ether oxygens (including phenoxy) is 1. The molecule has 0 saturated carbocycles. The van der Waals surface area contributed by atoms with Crippen molar-refractivity contribution in [2.24, 2.45) is 0 Å². The molecule has 3 nitrogen and oxygen atoms in total. The molecule has 1 aromatic heterocycles. The number of hydrogen-bond acceptors (Lipinski definition) is 3. The summed E-state index contributed by atoms with van der Waals surface area (Å²) in [7, 11) is 1.61. The van der Waals surface area contributed by atoms with E-state index in [0.717, 1.165) is 27.5 Å². The summed E-state index contributed by atoms with van der Waals surface area (Å²) in [6.45, 7) is 0. The standard InChI is InChI=1S/C26H21NO2/c1-29-26-16-21(12-13-27-26)9-5-8-20-10-11-22-18-25(28)24(17-23(22)14-20)15-19-6-3-2-4-7-19/h2-4,6-7,10-14,16-18,28H,9,15H2,1H3. The SMILES string of the molecule is COc1cc(CC#Cc2ccc3cc(O)c(Cc4ccccc4)cc3c2)ccn1. The highest BCUT2D eigenvalue weighted by atomic mass is 16.5. The van der Waals surface area contributed by atoms with Gasteiger partial charge in [0, 0.05) is 30.7 Å². The molecule has 0 spiro atoms. The molecule has 0 aliphatic rings. The van der Waals surface area contributed by atoms with Crippen LogP contribution in [0.3, 0.4) is 0 Å². The normalized spacial score (nSPS) is 10.4. The number of fused-ring (bicyclic) bond motifs is 1. The Labute approximate surface area is 170 Å². The van der Waals surface area contributed by atoms with Crippen LogP contribution in [0, 0.1) is 11.8 Å². The van der Waals surface area contributed by atoms with Crippen LogP contribution in [0.4, 0.5) is 0 Å². The first kappa shape index (κ1) is 18.6. The number of rotatable bonds is 4. The predicted molar refractivity (Wildman–Crippen MR) is 116 cm³/mol. The molecule has 1 heterocycles. The van der Waals surface area contributed by atoms with Gasteiger partial charge in [0.2, 0.25) is 5.88 Å². The largest absolute Gasteiger partial charge is 0.508 e. The number of phenols is 1. The van der Waals surface area contributed by atoms with Crippen LogP contribution in [-0.2, 0) is 12.8 Å². The van der Waals surface area contributed by atoms with Gasteiger partial charge in [0.15, 0.2) is 0 Å². The molecule has 142 valence electrons. The van der Waals surface area contributed by atoms with Gasteiger partial charge in [-0.2, -0.15) is 0 Å². The summed E-state index contributed by atoms with van der Waals surface area (Å²) in [5.41, 5.74) is 4.11. The molecule has 0 bridgehead atoms. The van der Waals surface area contributed by atoms with Gasteiger partial charge in [-0.15, -0.1) is 0 Å². The van der Waals surface area contributed by atoms with E-state index >= 15 is 0 Å². The first-order valence-electron chi connectivity index (χ1n) is 9.48. The zero-order valence-electron chi connectivity index (χ0n) is 16.2. The molecule has 3 aromatic carbocycles. The zero-order valence-corrected chi connectivity index (χ0v) is 16.2. The average Bonchev–Trinajstić information content (AvgIpc) is 2.75. The van der Waals surface area contributed by atoms with E-state index in [1.54, 1.807) is 13.3 Å². The molecule has 0 amide bonds. The number of methoxy groups -OCH3 is 1. The summed E-state index contributed by atoms with van der Waals surface area (Å²) in [6, 6.07) is 23.9. The van der Waals surface area contributed by atoms with Gasteiger partial charge in [0.05, 0.1) is 7.11 Å². The molecule has 4 aromatic rings. The molecular formula is C26H21NO2. The summed E-state index contributed by atoms with van der Waals surface area (Å²) in [6.07, 6.45) is 3.06. The minimum Gasteiger partial charge on any atom is -0.508 e. The lowest BCUT2D eigenvalue weighted by Crippen LogP contribution is -1.90. The van der Waals surface area contributed by atoms with Gasteiger partial charge in [-0.1, -0.05) is 48.2 Å². The maximum atomic E-state index is 10.4. The first-order chi connectivity index (χ1) is 14.2. The van der Waals surface area contributed by atoms with Crippen molar-refractivity contribution >= 4 is 10.8 Å². The molecule has 3 heteroatoms. The number of nitrogens with zero attached hydrogens (tertiary/aromatic N) is 1. The molecule has 0 unspecified atom stereocenters. The van der Waals surface area contributed by atoms with Crippen LogP contribution in [-0.4, -0.2) is 17.2 Å². The number of hydrogen-bond donors (Lipinski definition) is 1. The Morgan fingerprint density at radius 3 is 2.59 bits per heavy atom. The average molecular weight is 379 g/mol. The lowest BCUT2D eigenvalue weighted by Gasteiger charge is -2.08. The Bertz CT molecular complexity index is 1200. The summed E-state index contributed by atoms with van der Waals surface area (Å²) >= 11 is 0. The second-order valence-electron chi connectivity index (χ2n) is 6.89. The van der Waals surface area contributed by atoms with Crippen molar-refractivity contribution < 1.29 is 9.84 Å². The number of phenolic OH excluding ortho intramolecular Hbond substituents is 1. The van der Waals surface area contributed by atoms with Crippen LogP contribution in [0.2, 0.25) is 0 Å². The minimum atomic E-state index is 0.326. The summed E-state index contributed by atoms with van der Waals surface area (Å²) in [5.74, 6) is 7.37. The quantitative estimate of drug-likeness (QED) is 0.500. The minimum absolute atomic E-state index is 0.326. The smallest absolute Gasteiger partial charge is 0.213 e. The van der Waals surface area contributed by atoms with Crippen molar-refractivity contribution in [3.05, 3.63) is 101 Å². The molecule has 1 N–H and O–H groups in total. The molecule has 29 heavy (non-hydrogen) atoms. The zero-order chi connectivity index (χ0) is 20.1. The maximum absolute atomic E-state index is 10.4. The van der Waals surface area contributed by atoms with Crippen molar-refractivity contribution in [2.45, 2.75) is 12.8 Å². The lowest BCUT2D eigenvalue weighted by molar-refractivity contribution is 0.397. The molecule has 0 fully saturated rings. The van der Waals surface area contributed by atoms with Crippen LogP contribution in [0.5, 0.6) is 11.6 Å². The fourth-order valence-corrected chi connectivity index (χ4v) is 3.29. The predicted octanol–water partition coefficient (Wildman–Crippen LogP) is 5.13. The Morgan fingerprint density at radius 2 is 1.76 bits per heavy atom. The maximum Gasteiger partial charge on any atom is 0.213 e. The molecule has 0 atom stereocenters. The molecule has 0 aliphatic carbocycles. The van der Waals surface area contributed by atoms with Crippen LogP contribution < -0.4 is 4.74 Å². The summed E-state index contributed by atoms with van der Waals surface area (Å²) in [5, 5.41) is 12.5. The van der Waals surface area contributed by atoms with Crippen molar-refractivity contribution in [1.29, 1.82) is 0 Å². The molecule has 0 aliphatic heterocycles. The van der Waals surface area contributed by atoms with Gasteiger partial charge >= 0.3 is 0 Å². The summed E-state index contributed by atoms with van der Waals surface area (Å²) in [4.78, 5) is 4.11. The van der Waals surface area contributed by atoms with Crippen molar-refractivity contribution in [1.82, 2.24) is 4.98 Å². The van der Waals surface area contributed by atoms with Crippen LogP contribution in [0.25, 0.3) is 10.8 Å². The second-order valence-corrected chi connectivity index (χ2v) is 6.89. The molecule has 4 rings (SSSR count). The third-order valence-electron chi connectivity index (χ3n) is 4.81. The van der Waals surface area contributed by atoms with Crippen molar-refractivity contribution in [3.63, 3.8) is 0 Å².